The van der Waals surface area contributed by atoms with Gasteiger partial charge in [0.25, 0.3) is 5.91 Å². The highest BCUT2D eigenvalue weighted by Gasteiger charge is 2.17. The zero-order valence-electron chi connectivity index (χ0n) is 15.8. The molecule has 0 saturated heterocycles. The molecule has 30 heavy (non-hydrogen) atoms. The molecule has 0 fully saturated rings. The van der Waals surface area contributed by atoms with Gasteiger partial charge in [0.1, 0.15) is 10.2 Å². The van der Waals surface area contributed by atoms with Crippen molar-refractivity contribution in [2.24, 2.45) is 0 Å². The molecule has 0 aliphatic carbocycles. The van der Waals surface area contributed by atoms with Crippen LogP contribution >= 0.6 is 34.5 Å². The number of aromatic amines is 1. The number of imidazole rings is 1. The van der Waals surface area contributed by atoms with Crippen LogP contribution < -0.4 is 10.6 Å². The molecule has 0 saturated carbocycles. The number of nitrogens with one attached hydrogen (secondary N) is 3. The van der Waals surface area contributed by atoms with E-state index in [0.717, 1.165) is 21.9 Å². The van der Waals surface area contributed by atoms with Gasteiger partial charge in [-0.25, -0.2) is 9.97 Å². The molecule has 7 nitrogen and oxygen atoms in total. The Morgan fingerprint density at radius 2 is 1.97 bits per heavy atom. The Bertz CT molecular complexity index is 1140. The number of amides is 1. The summed E-state index contributed by atoms with van der Waals surface area (Å²) in [6.45, 7) is 1.51. The summed E-state index contributed by atoms with van der Waals surface area (Å²) in [4.78, 5) is 28.8. The first-order chi connectivity index (χ1) is 14.6. The van der Waals surface area contributed by atoms with E-state index in [0.29, 0.717) is 34.6 Å². The Morgan fingerprint density at radius 1 is 1.10 bits per heavy atom. The fraction of sp³-hybridized carbons (Fsp3) is 0.200. The lowest BCUT2D eigenvalue weighted by atomic mass is 10.3. The lowest BCUT2D eigenvalue weighted by Crippen LogP contribution is -2.24. The number of pyridine rings is 1. The van der Waals surface area contributed by atoms with E-state index in [1.165, 1.54) is 11.3 Å². The number of benzene rings is 1. The second kappa shape index (κ2) is 9.53. The van der Waals surface area contributed by atoms with Crippen molar-refractivity contribution in [1.29, 1.82) is 0 Å². The average molecular weight is 461 g/mol. The highest BCUT2D eigenvalue weighted by atomic mass is 35.5. The maximum Gasteiger partial charge on any atom is 0.272 e. The van der Waals surface area contributed by atoms with E-state index in [1.54, 1.807) is 18.3 Å². The van der Waals surface area contributed by atoms with E-state index in [-0.39, 0.29) is 18.1 Å². The van der Waals surface area contributed by atoms with E-state index in [1.807, 2.05) is 24.3 Å². The molecule has 4 aromatic rings. The Hall–Kier alpha value is -2.52. The molecule has 0 spiro atoms. The second-order valence-electron chi connectivity index (χ2n) is 6.47. The van der Waals surface area contributed by atoms with E-state index >= 15 is 0 Å². The Labute approximate surface area is 186 Å². The van der Waals surface area contributed by atoms with Crippen molar-refractivity contribution in [2.75, 3.05) is 6.54 Å². The molecular formula is C20H18Cl2N6OS. The Kier molecular flexibility index (Phi) is 6.59. The maximum atomic E-state index is 12.4. The predicted molar refractivity (Wildman–Crippen MR) is 119 cm³/mol. The average Bonchev–Trinajstić information content (AvgIpc) is 3.33. The molecule has 0 radical (unpaired) electrons. The van der Waals surface area contributed by atoms with Crippen molar-refractivity contribution >= 4 is 51.5 Å². The number of para-hydroxylation sites is 2. The minimum Gasteiger partial charge on any atom is -0.345 e. The van der Waals surface area contributed by atoms with Crippen LogP contribution in [0.15, 0.2) is 42.6 Å². The highest BCUT2D eigenvalue weighted by molar-refractivity contribution is 7.16. The number of carbonyl (C=O) groups is 1. The number of rotatable bonds is 8. The van der Waals surface area contributed by atoms with Gasteiger partial charge in [-0.15, -0.1) is 11.3 Å². The molecule has 3 aromatic heterocycles. The summed E-state index contributed by atoms with van der Waals surface area (Å²) in [6.07, 6.45) is 2.28. The van der Waals surface area contributed by atoms with Crippen LogP contribution in [0.1, 0.15) is 27.0 Å². The van der Waals surface area contributed by atoms with Crippen molar-refractivity contribution in [3.05, 3.63) is 74.2 Å². The van der Waals surface area contributed by atoms with E-state index in [9.17, 15) is 4.79 Å². The molecule has 4 rings (SSSR count). The van der Waals surface area contributed by atoms with Crippen LogP contribution in [-0.2, 0) is 19.5 Å². The number of hydrogen-bond donors (Lipinski definition) is 3. The summed E-state index contributed by atoms with van der Waals surface area (Å²) in [6, 6.07) is 11.4. The fourth-order valence-electron chi connectivity index (χ4n) is 2.88. The molecule has 10 heteroatoms. The monoisotopic (exact) mass is 460 g/mol. The van der Waals surface area contributed by atoms with Gasteiger partial charge in [0.05, 0.1) is 39.8 Å². The van der Waals surface area contributed by atoms with E-state index in [4.69, 9.17) is 23.2 Å². The van der Waals surface area contributed by atoms with Crippen LogP contribution in [0, 0.1) is 0 Å². The summed E-state index contributed by atoms with van der Waals surface area (Å²) in [5.41, 5.74) is 2.78. The van der Waals surface area contributed by atoms with Crippen LogP contribution in [0.4, 0.5) is 0 Å². The molecule has 1 aromatic carbocycles. The minimum atomic E-state index is -0.348. The van der Waals surface area contributed by atoms with Crippen LogP contribution in [0.3, 0.4) is 0 Å². The third-order valence-corrected chi connectivity index (χ3v) is 6.00. The number of hydrogen-bond acceptors (Lipinski definition) is 6. The molecule has 0 aliphatic rings. The molecular weight excluding hydrogens is 443 g/mol. The van der Waals surface area contributed by atoms with Crippen LogP contribution in [0.25, 0.3) is 11.0 Å². The number of nitrogens with zero attached hydrogens (tertiary/aromatic N) is 3. The molecule has 3 N–H and O–H groups in total. The minimum absolute atomic E-state index is 0.209. The topological polar surface area (TPSA) is 95.6 Å². The summed E-state index contributed by atoms with van der Waals surface area (Å²) in [5.74, 6) is 0.529. The van der Waals surface area contributed by atoms with Gasteiger partial charge in [0.2, 0.25) is 0 Å². The largest absolute Gasteiger partial charge is 0.345 e. The van der Waals surface area contributed by atoms with Gasteiger partial charge in [-0.2, -0.15) is 0 Å². The first-order valence-corrected chi connectivity index (χ1v) is 10.8. The molecule has 1 amide bonds. The van der Waals surface area contributed by atoms with E-state index < -0.39 is 0 Å². The summed E-state index contributed by atoms with van der Waals surface area (Å²) in [5, 5.41) is 7.37. The Balaban J connectivity index is 1.28. The predicted octanol–water partition coefficient (Wildman–Crippen LogP) is 3.98. The van der Waals surface area contributed by atoms with Gasteiger partial charge in [-0.05, 0) is 24.3 Å². The summed E-state index contributed by atoms with van der Waals surface area (Å²) < 4.78 is 0.368. The summed E-state index contributed by atoms with van der Waals surface area (Å²) >= 11 is 13.6. The van der Waals surface area contributed by atoms with Crippen LogP contribution in [-0.4, -0.2) is 32.4 Å². The Morgan fingerprint density at radius 3 is 2.80 bits per heavy atom. The zero-order chi connectivity index (χ0) is 20.9. The highest BCUT2D eigenvalue weighted by Crippen LogP contribution is 2.24. The standard InChI is InChI=1S/C20H18Cl2N6OS/c21-12-4-3-8-24-15(12)10-25-20(29)18-19(22)30-17(28-18)7-9-23-11-16-26-13-5-1-2-6-14(13)27-16/h1-6,8,23H,7,9-11H2,(H,25,29)(H,26,27). The van der Waals surface area contributed by atoms with Crippen molar-refractivity contribution in [1.82, 2.24) is 30.6 Å². The molecule has 0 aliphatic heterocycles. The summed E-state index contributed by atoms with van der Waals surface area (Å²) in [7, 11) is 0. The lowest BCUT2D eigenvalue weighted by molar-refractivity contribution is 0.0946. The van der Waals surface area contributed by atoms with Gasteiger partial charge in [0, 0.05) is 19.2 Å². The lowest BCUT2D eigenvalue weighted by Gasteiger charge is -2.04. The van der Waals surface area contributed by atoms with Crippen molar-refractivity contribution in [3.63, 3.8) is 0 Å². The first-order valence-electron chi connectivity index (χ1n) is 9.27. The number of thiazole rings is 1. The van der Waals surface area contributed by atoms with Crippen LogP contribution in [0.2, 0.25) is 9.36 Å². The molecule has 0 unspecified atom stereocenters. The van der Waals surface area contributed by atoms with Crippen molar-refractivity contribution < 1.29 is 4.79 Å². The number of halogens is 2. The first kappa shape index (κ1) is 20.7. The van der Waals surface area contributed by atoms with Crippen molar-refractivity contribution in [3.8, 4) is 0 Å². The number of carbonyl (C=O) groups excluding carboxylic acids is 1. The number of H-pyrrole nitrogens is 1. The third kappa shape index (κ3) is 4.96. The second-order valence-corrected chi connectivity index (χ2v) is 8.56. The zero-order valence-corrected chi connectivity index (χ0v) is 18.1. The van der Waals surface area contributed by atoms with E-state index in [2.05, 4.69) is 30.6 Å². The fourth-order valence-corrected chi connectivity index (χ4v) is 4.24. The smallest absolute Gasteiger partial charge is 0.272 e. The number of aromatic nitrogens is 4. The van der Waals surface area contributed by atoms with Crippen LogP contribution in [0.5, 0.6) is 0 Å². The van der Waals surface area contributed by atoms with Gasteiger partial charge < -0.3 is 15.6 Å². The number of fused-ring (bicyclic) bond motifs is 1. The quantitative estimate of drug-likeness (QED) is 0.345. The van der Waals surface area contributed by atoms with Gasteiger partial charge in [-0.3, -0.25) is 9.78 Å². The van der Waals surface area contributed by atoms with Gasteiger partial charge in [0.15, 0.2) is 5.69 Å². The van der Waals surface area contributed by atoms with Gasteiger partial charge in [-0.1, -0.05) is 35.3 Å². The third-order valence-electron chi connectivity index (χ3n) is 4.34. The molecule has 3 heterocycles. The van der Waals surface area contributed by atoms with Gasteiger partial charge >= 0.3 is 0 Å². The maximum absolute atomic E-state index is 12.4. The molecule has 0 atom stereocenters. The molecule has 154 valence electrons. The molecule has 0 bridgehead atoms. The SMILES string of the molecule is O=C(NCc1ncccc1Cl)c1nc(CCNCc2nc3ccccc3[nH]2)sc1Cl. The van der Waals surface area contributed by atoms with Crippen molar-refractivity contribution in [2.45, 2.75) is 19.5 Å². The normalized spacial score (nSPS) is 11.1.